The average molecular weight is 345 g/mol. The van der Waals surface area contributed by atoms with Gasteiger partial charge < -0.3 is 15.6 Å². The van der Waals surface area contributed by atoms with Crippen molar-refractivity contribution in [3.05, 3.63) is 89.5 Å². The van der Waals surface area contributed by atoms with Crippen molar-refractivity contribution in [1.82, 2.24) is 0 Å². The van der Waals surface area contributed by atoms with Crippen molar-refractivity contribution in [1.29, 1.82) is 0 Å². The molecule has 0 spiro atoms. The Hall–Kier alpha value is -3.11. The van der Waals surface area contributed by atoms with Crippen LogP contribution in [0.15, 0.2) is 72.8 Å². The quantitative estimate of drug-likeness (QED) is 0.559. The molecule has 0 heterocycles. The molecule has 3 N–H and O–H groups in total. The Labute approximate surface area is 151 Å². The Balaban J connectivity index is 1.53. The Morgan fingerprint density at radius 2 is 1.46 bits per heavy atom. The van der Waals surface area contributed by atoms with Crippen LogP contribution < -0.4 is 5.73 Å². The molecule has 4 heteroatoms. The monoisotopic (exact) mass is 345 g/mol. The SMILES string of the molecule is Nc1ccc([C@H](O)C(=O)OCC2c3ccccc3-c3ccccc32)cc1. The van der Waals surface area contributed by atoms with Gasteiger partial charge >= 0.3 is 5.97 Å². The minimum Gasteiger partial charge on any atom is -0.463 e. The number of carbonyl (C=O) groups is 1. The van der Waals surface area contributed by atoms with E-state index in [-0.39, 0.29) is 12.5 Å². The number of carbonyl (C=O) groups excluding carboxylic acids is 1. The summed E-state index contributed by atoms with van der Waals surface area (Å²) in [6.07, 6.45) is -1.32. The zero-order valence-electron chi connectivity index (χ0n) is 14.1. The van der Waals surface area contributed by atoms with Gasteiger partial charge in [0.15, 0.2) is 6.10 Å². The summed E-state index contributed by atoms with van der Waals surface area (Å²) in [7, 11) is 0. The topological polar surface area (TPSA) is 72.5 Å². The standard InChI is InChI=1S/C22H19NO3/c23-15-11-9-14(10-12-15)21(24)22(25)26-13-20-18-7-3-1-5-16(18)17-6-2-4-8-19(17)20/h1-12,20-21,24H,13,23H2/t21-/m0/s1. The van der Waals surface area contributed by atoms with Crippen LogP contribution in [0.4, 0.5) is 5.69 Å². The van der Waals surface area contributed by atoms with Gasteiger partial charge in [-0.25, -0.2) is 4.79 Å². The number of fused-ring (bicyclic) bond motifs is 3. The summed E-state index contributed by atoms with van der Waals surface area (Å²) in [5.74, 6) is -0.679. The van der Waals surface area contributed by atoms with Gasteiger partial charge in [-0.05, 0) is 39.9 Å². The highest BCUT2D eigenvalue weighted by Crippen LogP contribution is 2.44. The van der Waals surface area contributed by atoms with E-state index < -0.39 is 12.1 Å². The fourth-order valence-electron chi connectivity index (χ4n) is 3.50. The molecule has 0 aliphatic heterocycles. The summed E-state index contributed by atoms with van der Waals surface area (Å²) < 4.78 is 5.47. The van der Waals surface area contributed by atoms with Crippen LogP contribution in [-0.4, -0.2) is 17.7 Å². The molecule has 1 atom stereocenters. The fourth-order valence-corrected chi connectivity index (χ4v) is 3.50. The molecule has 26 heavy (non-hydrogen) atoms. The van der Waals surface area contributed by atoms with Crippen LogP contribution in [0.3, 0.4) is 0 Å². The number of aliphatic hydroxyl groups is 1. The Kier molecular flexibility index (Phi) is 4.19. The highest BCUT2D eigenvalue weighted by atomic mass is 16.5. The second-order valence-corrected chi connectivity index (χ2v) is 6.43. The van der Waals surface area contributed by atoms with Crippen molar-refractivity contribution >= 4 is 11.7 Å². The van der Waals surface area contributed by atoms with E-state index in [1.165, 1.54) is 11.1 Å². The number of anilines is 1. The largest absolute Gasteiger partial charge is 0.463 e. The molecule has 1 aliphatic rings. The molecule has 0 saturated heterocycles. The van der Waals surface area contributed by atoms with Gasteiger partial charge in [-0.1, -0.05) is 60.7 Å². The first-order chi connectivity index (χ1) is 12.6. The Morgan fingerprint density at radius 3 is 2.04 bits per heavy atom. The van der Waals surface area contributed by atoms with Crippen LogP contribution in [0.5, 0.6) is 0 Å². The van der Waals surface area contributed by atoms with E-state index in [0.717, 1.165) is 11.1 Å². The van der Waals surface area contributed by atoms with Gasteiger partial charge in [-0.3, -0.25) is 0 Å². The number of rotatable bonds is 4. The first-order valence-corrected chi connectivity index (χ1v) is 8.53. The van der Waals surface area contributed by atoms with Crippen LogP contribution in [0.1, 0.15) is 28.7 Å². The zero-order valence-corrected chi connectivity index (χ0v) is 14.1. The van der Waals surface area contributed by atoms with Gasteiger partial charge in [0.2, 0.25) is 0 Å². The number of aliphatic hydroxyl groups excluding tert-OH is 1. The van der Waals surface area contributed by atoms with Crippen LogP contribution in [0.25, 0.3) is 11.1 Å². The maximum absolute atomic E-state index is 12.3. The summed E-state index contributed by atoms with van der Waals surface area (Å²) in [6.45, 7) is 0.193. The fraction of sp³-hybridized carbons (Fsp3) is 0.136. The van der Waals surface area contributed by atoms with Crippen molar-refractivity contribution < 1.29 is 14.6 Å². The normalized spacial score (nSPS) is 13.7. The number of nitrogens with two attached hydrogens (primary N) is 1. The maximum Gasteiger partial charge on any atom is 0.339 e. The van der Waals surface area contributed by atoms with Crippen molar-refractivity contribution in [2.45, 2.75) is 12.0 Å². The number of hydrogen-bond donors (Lipinski definition) is 2. The van der Waals surface area contributed by atoms with Crippen LogP contribution in [0, 0.1) is 0 Å². The minimum atomic E-state index is -1.32. The Bertz CT molecular complexity index is 904. The third kappa shape index (κ3) is 2.85. The van der Waals surface area contributed by atoms with E-state index in [1.54, 1.807) is 24.3 Å². The maximum atomic E-state index is 12.3. The van der Waals surface area contributed by atoms with Gasteiger partial charge in [0.25, 0.3) is 0 Å². The molecule has 4 nitrogen and oxygen atoms in total. The molecule has 0 radical (unpaired) electrons. The third-order valence-electron chi connectivity index (χ3n) is 4.83. The molecule has 3 aromatic carbocycles. The van der Waals surface area contributed by atoms with Crippen molar-refractivity contribution in [3.63, 3.8) is 0 Å². The van der Waals surface area contributed by atoms with Gasteiger partial charge in [0, 0.05) is 11.6 Å². The summed E-state index contributed by atoms with van der Waals surface area (Å²) in [6, 6.07) is 22.8. The Morgan fingerprint density at radius 1 is 0.923 bits per heavy atom. The molecule has 0 fully saturated rings. The van der Waals surface area contributed by atoms with E-state index in [2.05, 4.69) is 24.3 Å². The summed E-state index contributed by atoms with van der Waals surface area (Å²) in [5.41, 5.74) is 11.3. The molecule has 0 bridgehead atoms. The van der Waals surface area contributed by atoms with E-state index in [0.29, 0.717) is 11.3 Å². The number of benzene rings is 3. The lowest BCUT2D eigenvalue weighted by atomic mass is 9.98. The van der Waals surface area contributed by atoms with Crippen molar-refractivity contribution in [2.24, 2.45) is 0 Å². The second kappa shape index (κ2) is 6.65. The van der Waals surface area contributed by atoms with Crippen LogP contribution in [-0.2, 0) is 9.53 Å². The molecule has 3 aromatic rings. The number of hydrogen-bond acceptors (Lipinski definition) is 4. The second-order valence-electron chi connectivity index (χ2n) is 6.43. The van der Waals surface area contributed by atoms with Crippen molar-refractivity contribution in [2.75, 3.05) is 12.3 Å². The molecule has 0 unspecified atom stereocenters. The van der Waals surface area contributed by atoms with Gasteiger partial charge in [-0.15, -0.1) is 0 Å². The minimum absolute atomic E-state index is 0.0232. The van der Waals surface area contributed by atoms with Gasteiger partial charge in [0.1, 0.15) is 6.61 Å². The van der Waals surface area contributed by atoms with E-state index >= 15 is 0 Å². The molecule has 0 aromatic heterocycles. The van der Waals surface area contributed by atoms with Crippen molar-refractivity contribution in [3.8, 4) is 11.1 Å². The molecular weight excluding hydrogens is 326 g/mol. The van der Waals surface area contributed by atoms with E-state index in [9.17, 15) is 9.90 Å². The highest BCUT2D eigenvalue weighted by Gasteiger charge is 2.30. The predicted octanol–water partition coefficient (Wildman–Crippen LogP) is 3.66. The van der Waals surface area contributed by atoms with E-state index in [1.807, 2.05) is 24.3 Å². The zero-order chi connectivity index (χ0) is 18.1. The number of esters is 1. The first kappa shape index (κ1) is 16.4. The average Bonchev–Trinajstić information content (AvgIpc) is 3.00. The molecule has 0 amide bonds. The summed E-state index contributed by atoms with van der Waals surface area (Å²) in [4.78, 5) is 12.3. The lowest BCUT2D eigenvalue weighted by Gasteiger charge is -2.16. The first-order valence-electron chi connectivity index (χ1n) is 8.53. The van der Waals surface area contributed by atoms with Gasteiger partial charge in [0.05, 0.1) is 0 Å². The molecule has 0 saturated carbocycles. The third-order valence-corrected chi connectivity index (χ3v) is 4.83. The number of nitrogen functional groups attached to an aromatic ring is 1. The lowest BCUT2D eigenvalue weighted by Crippen LogP contribution is -2.19. The summed E-state index contributed by atoms with van der Waals surface area (Å²) in [5, 5.41) is 10.2. The van der Waals surface area contributed by atoms with Crippen LogP contribution >= 0.6 is 0 Å². The highest BCUT2D eigenvalue weighted by molar-refractivity contribution is 5.80. The van der Waals surface area contributed by atoms with Gasteiger partial charge in [-0.2, -0.15) is 0 Å². The molecule has 4 rings (SSSR count). The predicted molar refractivity (Wildman–Crippen MR) is 100 cm³/mol. The molecular formula is C22H19NO3. The number of ether oxygens (including phenoxy) is 1. The van der Waals surface area contributed by atoms with E-state index in [4.69, 9.17) is 10.5 Å². The smallest absolute Gasteiger partial charge is 0.339 e. The summed E-state index contributed by atoms with van der Waals surface area (Å²) >= 11 is 0. The molecule has 1 aliphatic carbocycles. The van der Waals surface area contributed by atoms with Crippen LogP contribution in [0.2, 0.25) is 0 Å². The molecule has 130 valence electrons. The lowest BCUT2D eigenvalue weighted by molar-refractivity contribution is -0.154.